The third kappa shape index (κ3) is 7.45. The summed E-state index contributed by atoms with van der Waals surface area (Å²) in [5, 5.41) is 11.5. The highest BCUT2D eigenvalue weighted by atomic mass is 16.6. The summed E-state index contributed by atoms with van der Waals surface area (Å²) >= 11 is 0. The number of anilines is 6. The number of hydrogen-bond acceptors (Lipinski definition) is 5. The maximum Gasteiger partial charge on any atom is 0.234 e. The van der Waals surface area contributed by atoms with Crippen LogP contribution in [0.5, 0.6) is 11.5 Å². The fraction of sp³-hybridized carbons (Fsp3) is 0.185. The second kappa shape index (κ2) is 16.2. The zero-order valence-electron chi connectivity index (χ0n) is 35.0. The lowest BCUT2D eigenvalue weighted by Crippen LogP contribution is -2.23. The van der Waals surface area contributed by atoms with Crippen LogP contribution in [0.25, 0.3) is 27.1 Å². The highest BCUT2D eigenvalue weighted by Gasteiger charge is 2.37. The Hall–Kier alpha value is -7.28. The molecule has 1 aliphatic rings. The zero-order chi connectivity index (χ0) is 42.0. The van der Waals surface area contributed by atoms with Crippen LogP contribution in [0.15, 0.2) is 158 Å². The largest absolute Gasteiger partial charge is 0.485 e. The van der Waals surface area contributed by atoms with Crippen molar-refractivity contribution in [2.75, 3.05) is 23.0 Å². The Morgan fingerprint density at radius 2 is 0.900 bits per heavy atom. The molecule has 0 atom stereocenters. The van der Waals surface area contributed by atoms with Gasteiger partial charge in [0.15, 0.2) is 11.5 Å². The predicted molar refractivity (Wildman–Crippen MR) is 246 cm³/mol. The minimum Gasteiger partial charge on any atom is -0.485 e. The van der Waals surface area contributed by atoms with Crippen molar-refractivity contribution >= 4 is 39.8 Å². The van der Waals surface area contributed by atoms with Crippen molar-refractivity contribution in [3.05, 3.63) is 186 Å². The fourth-order valence-corrected chi connectivity index (χ4v) is 7.92. The molecular formula is C54H48N4O2. The highest BCUT2D eigenvalue weighted by molar-refractivity contribution is 6.04. The monoisotopic (exact) mass is 784 g/mol. The van der Waals surface area contributed by atoms with Crippen molar-refractivity contribution in [1.82, 2.24) is 0 Å². The van der Waals surface area contributed by atoms with Crippen LogP contribution >= 0.6 is 0 Å². The Kier molecular flexibility index (Phi) is 10.7. The number of nitriles is 1. The van der Waals surface area contributed by atoms with Gasteiger partial charge in [-0.05, 0) is 69.5 Å². The molecule has 7 aromatic rings. The van der Waals surface area contributed by atoms with Gasteiger partial charge in [-0.15, -0.1) is 0 Å². The maximum atomic E-state index is 11.5. The Labute approximate surface area is 354 Å². The van der Waals surface area contributed by atoms with Crippen molar-refractivity contribution in [3.63, 3.8) is 0 Å². The first-order chi connectivity index (χ1) is 29.0. The minimum absolute atomic E-state index is 0.0801. The van der Waals surface area contributed by atoms with E-state index in [1.165, 1.54) is 11.1 Å². The second-order valence-corrected chi connectivity index (χ2v) is 17.0. The van der Waals surface area contributed by atoms with Crippen molar-refractivity contribution in [3.8, 4) is 39.8 Å². The van der Waals surface area contributed by atoms with Crippen LogP contribution in [-0.2, 0) is 10.8 Å². The number of para-hydroxylation sites is 2. The van der Waals surface area contributed by atoms with Crippen LogP contribution in [0, 0.1) is 17.9 Å². The predicted octanol–water partition coefficient (Wildman–Crippen LogP) is 14.7. The van der Waals surface area contributed by atoms with Crippen LogP contribution in [-0.4, -0.2) is 13.2 Å². The van der Waals surface area contributed by atoms with Gasteiger partial charge in [-0.1, -0.05) is 163 Å². The Bertz CT molecular complexity index is 2540. The van der Waals surface area contributed by atoms with Gasteiger partial charge >= 0.3 is 0 Å². The molecule has 0 fully saturated rings. The van der Waals surface area contributed by atoms with Gasteiger partial charge in [0.25, 0.3) is 0 Å². The molecule has 0 radical (unpaired) electrons. The molecule has 6 nitrogen and oxygen atoms in total. The molecular weight excluding hydrogens is 737 g/mol. The van der Waals surface area contributed by atoms with Crippen molar-refractivity contribution < 1.29 is 9.47 Å². The summed E-state index contributed by atoms with van der Waals surface area (Å²) in [6, 6.07) is 56.2. The molecule has 1 aliphatic heterocycles. The summed E-state index contributed by atoms with van der Waals surface area (Å²) in [6.45, 7) is 22.6. The highest BCUT2D eigenvalue weighted by Crippen LogP contribution is 2.60. The van der Waals surface area contributed by atoms with Crippen molar-refractivity contribution in [1.29, 1.82) is 5.26 Å². The lowest BCUT2D eigenvalue weighted by molar-refractivity contribution is 0.173. The number of nitrogens with zero attached hydrogens (tertiary/aromatic N) is 4. The quantitative estimate of drug-likeness (QED) is 0.144. The molecule has 6 heteroatoms. The maximum absolute atomic E-state index is 11.5. The molecule has 0 spiro atoms. The minimum atomic E-state index is -0.0806. The van der Waals surface area contributed by atoms with Crippen LogP contribution in [0.1, 0.15) is 58.2 Å². The molecule has 0 aromatic heterocycles. The first-order valence-electron chi connectivity index (χ1n) is 20.4. The molecule has 296 valence electrons. The number of rotatable bonds is 8. The van der Waals surface area contributed by atoms with E-state index in [4.69, 9.17) is 16.0 Å². The number of hydrogen-bond donors (Lipinski definition) is 0. The van der Waals surface area contributed by atoms with Crippen LogP contribution in [0.3, 0.4) is 0 Å². The molecule has 7 aromatic carbocycles. The van der Waals surface area contributed by atoms with Gasteiger partial charge in [0.2, 0.25) is 5.69 Å². The smallest absolute Gasteiger partial charge is 0.234 e. The first-order valence-corrected chi connectivity index (χ1v) is 20.4. The molecule has 60 heavy (non-hydrogen) atoms. The van der Waals surface area contributed by atoms with Gasteiger partial charge < -0.3 is 19.3 Å². The van der Waals surface area contributed by atoms with E-state index in [0.29, 0.717) is 22.9 Å². The third-order valence-electron chi connectivity index (χ3n) is 11.0. The summed E-state index contributed by atoms with van der Waals surface area (Å²) in [4.78, 5) is 8.40. The SMILES string of the molecule is [C-]#[N+]c1c(C#N)c(N(c2ccc(C(C)(C)C)cc2)c2ccccc2-c2ccccc2)c2c(c1N(c1ccc(C(C)(C)C)cc1)c1ccccc1-c1ccccc1)OCCO2. The summed E-state index contributed by atoms with van der Waals surface area (Å²) in [5.74, 6) is 0.800. The van der Waals surface area contributed by atoms with E-state index >= 15 is 0 Å². The normalized spacial score (nSPS) is 12.3. The van der Waals surface area contributed by atoms with Gasteiger partial charge in [-0.25, -0.2) is 4.85 Å². The van der Waals surface area contributed by atoms with Gasteiger partial charge in [-0.2, -0.15) is 5.26 Å². The van der Waals surface area contributed by atoms with Gasteiger partial charge in [0, 0.05) is 22.5 Å². The van der Waals surface area contributed by atoms with Crippen molar-refractivity contribution in [2.45, 2.75) is 52.4 Å². The van der Waals surface area contributed by atoms with E-state index in [9.17, 15) is 5.26 Å². The molecule has 0 saturated heterocycles. The lowest BCUT2D eigenvalue weighted by atomic mass is 9.87. The van der Waals surface area contributed by atoms with Crippen LogP contribution in [0.4, 0.5) is 39.8 Å². The van der Waals surface area contributed by atoms with E-state index in [2.05, 4.69) is 159 Å². The van der Waals surface area contributed by atoms with E-state index < -0.39 is 0 Å². The molecule has 0 amide bonds. The third-order valence-corrected chi connectivity index (χ3v) is 11.0. The average molecular weight is 785 g/mol. The number of ether oxygens (including phenoxy) is 2. The first kappa shape index (κ1) is 39.5. The fourth-order valence-electron chi connectivity index (χ4n) is 7.92. The molecule has 0 saturated carbocycles. The number of benzene rings is 7. The van der Waals surface area contributed by atoms with E-state index in [1.807, 2.05) is 60.7 Å². The Morgan fingerprint density at radius 1 is 0.517 bits per heavy atom. The molecule has 0 bridgehead atoms. The number of fused-ring (bicyclic) bond motifs is 1. The molecule has 8 rings (SSSR count). The molecule has 0 unspecified atom stereocenters. The van der Waals surface area contributed by atoms with E-state index in [0.717, 1.165) is 45.0 Å². The van der Waals surface area contributed by atoms with E-state index in [1.54, 1.807) is 0 Å². The summed E-state index contributed by atoms with van der Waals surface area (Å²) in [7, 11) is 0. The molecule has 0 N–H and O–H groups in total. The standard InChI is InChI=1S/C54H48N4O2/c1-53(2,3)39-26-30-41(31-27-39)57(46-24-16-14-22-43(46)37-18-10-8-11-19-37)49-45(36-55)48(56-7)50(52-51(49)59-34-35-60-52)58(42-32-28-40(29-33-42)54(4,5)6)47-25-17-15-23-44(47)38-20-12-9-13-21-38/h8-33H,34-35H2,1-6H3. The van der Waals surface area contributed by atoms with Crippen LogP contribution in [0.2, 0.25) is 0 Å². The Morgan fingerprint density at radius 3 is 1.30 bits per heavy atom. The lowest BCUT2D eigenvalue weighted by Gasteiger charge is -2.37. The second-order valence-electron chi connectivity index (χ2n) is 17.0. The van der Waals surface area contributed by atoms with Gasteiger partial charge in [0.05, 0.1) is 35.3 Å². The van der Waals surface area contributed by atoms with E-state index in [-0.39, 0.29) is 35.3 Å². The zero-order valence-corrected chi connectivity index (χ0v) is 35.0. The Balaban J connectivity index is 1.47. The van der Waals surface area contributed by atoms with Crippen molar-refractivity contribution in [2.24, 2.45) is 0 Å². The van der Waals surface area contributed by atoms with Gasteiger partial charge in [0.1, 0.15) is 18.9 Å². The topological polar surface area (TPSA) is 53.1 Å². The molecule has 0 aliphatic carbocycles. The molecule has 1 heterocycles. The van der Waals surface area contributed by atoms with Gasteiger partial charge in [-0.3, -0.25) is 0 Å². The van der Waals surface area contributed by atoms with Crippen LogP contribution < -0.4 is 19.3 Å². The summed E-state index contributed by atoms with van der Waals surface area (Å²) in [5.41, 5.74) is 10.6. The average Bonchev–Trinajstić information content (AvgIpc) is 3.27. The summed E-state index contributed by atoms with van der Waals surface area (Å²) < 4.78 is 13.5. The summed E-state index contributed by atoms with van der Waals surface area (Å²) in [6.07, 6.45) is 0.